The Morgan fingerprint density at radius 2 is 1.96 bits per heavy atom. The molecule has 3 rings (SSSR count). The summed E-state index contributed by atoms with van der Waals surface area (Å²) < 4.78 is 5.73. The van der Waals surface area contributed by atoms with Gasteiger partial charge in [0.15, 0.2) is 6.61 Å². The zero-order chi connectivity index (χ0) is 18.4. The van der Waals surface area contributed by atoms with Crippen LogP contribution in [0.2, 0.25) is 0 Å². The molecule has 0 aromatic heterocycles. The summed E-state index contributed by atoms with van der Waals surface area (Å²) in [7, 11) is 0. The van der Waals surface area contributed by atoms with E-state index in [0.717, 1.165) is 57.4 Å². The lowest BCUT2D eigenvalue weighted by Gasteiger charge is -2.34. The smallest absolute Gasteiger partial charge is 0.260 e. The van der Waals surface area contributed by atoms with Crippen molar-refractivity contribution in [3.8, 4) is 5.75 Å². The molecule has 1 aliphatic carbocycles. The minimum absolute atomic E-state index is 0. The first-order chi connectivity index (χ1) is 12.7. The predicted octanol–water partition coefficient (Wildman–Crippen LogP) is 2.83. The molecule has 1 aliphatic heterocycles. The second-order valence-electron chi connectivity index (χ2n) is 7.15. The number of piperidine rings is 1. The van der Waals surface area contributed by atoms with Crippen molar-refractivity contribution in [3.05, 3.63) is 24.3 Å². The van der Waals surface area contributed by atoms with Crippen molar-refractivity contribution in [2.45, 2.75) is 45.1 Å². The standard InChI is InChI=1S/C20H29N3O3.ClH/c1-2-12-23(17-8-10-21-11-9-17)19(24)14-26-18-5-3-4-16(13-18)22-20(25)15-6-7-15;/h3-5,13,15,17,21H,2,6-12,14H2,1H3,(H,22,25);1H. The molecule has 0 unspecified atom stereocenters. The molecule has 2 aliphatic rings. The Labute approximate surface area is 167 Å². The number of nitrogens with one attached hydrogen (secondary N) is 2. The largest absolute Gasteiger partial charge is 0.484 e. The van der Waals surface area contributed by atoms with Crippen molar-refractivity contribution in [1.82, 2.24) is 10.2 Å². The number of ether oxygens (including phenoxy) is 1. The Morgan fingerprint density at radius 3 is 2.63 bits per heavy atom. The first-order valence-electron chi connectivity index (χ1n) is 9.71. The van der Waals surface area contributed by atoms with E-state index in [1.807, 2.05) is 23.1 Å². The minimum Gasteiger partial charge on any atom is -0.484 e. The van der Waals surface area contributed by atoms with Crippen LogP contribution in [0, 0.1) is 5.92 Å². The molecule has 1 saturated carbocycles. The van der Waals surface area contributed by atoms with Crippen LogP contribution in [0.3, 0.4) is 0 Å². The fraction of sp³-hybridized carbons (Fsp3) is 0.600. The predicted molar refractivity (Wildman–Crippen MR) is 108 cm³/mol. The van der Waals surface area contributed by atoms with Crippen molar-refractivity contribution < 1.29 is 14.3 Å². The molecule has 2 fully saturated rings. The third-order valence-corrected chi connectivity index (χ3v) is 4.95. The molecule has 1 aromatic carbocycles. The van der Waals surface area contributed by atoms with Gasteiger partial charge in [0, 0.05) is 30.3 Å². The summed E-state index contributed by atoms with van der Waals surface area (Å²) in [6.07, 6.45) is 4.88. The lowest BCUT2D eigenvalue weighted by atomic mass is 10.0. The highest BCUT2D eigenvalue weighted by molar-refractivity contribution is 5.94. The van der Waals surface area contributed by atoms with Crippen molar-refractivity contribution in [2.75, 3.05) is 31.6 Å². The van der Waals surface area contributed by atoms with E-state index in [4.69, 9.17) is 4.74 Å². The van der Waals surface area contributed by atoms with Crippen LogP contribution in [0.4, 0.5) is 5.69 Å². The second kappa shape index (κ2) is 10.5. The fourth-order valence-electron chi connectivity index (χ4n) is 3.35. The van der Waals surface area contributed by atoms with E-state index in [9.17, 15) is 9.59 Å². The molecule has 27 heavy (non-hydrogen) atoms. The average molecular weight is 396 g/mol. The van der Waals surface area contributed by atoms with Gasteiger partial charge < -0.3 is 20.3 Å². The number of carbonyl (C=O) groups excluding carboxylic acids is 2. The zero-order valence-electron chi connectivity index (χ0n) is 15.9. The van der Waals surface area contributed by atoms with Crippen molar-refractivity contribution in [2.24, 2.45) is 5.92 Å². The molecule has 2 N–H and O–H groups in total. The van der Waals surface area contributed by atoms with Crippen LogP contribution >= 0.6 is 12.4 Å². The Kier molecular flexibility index (Phi) is 8.38. The summed E-state index contributed by atoms with van der Waals surface area (Å²) in [5.41, 5.74) is 0.718. The molecule has 0 bridgehead atoms. The van der Waals surface area contributed by atoms with Gasteiger partial charge in [-0.05, 0) is 57.3 Å². The minimum atomic E-state index is 0. The van der Waals surface area contributed by atoms with Gasteiger partial charge in [0.05, 0.1) is 0 Å². The monoisotopic (exact) mass is 395 g/mol. The van der Waals surface area contributed by atoms with E-state index in [1.54, 1.807) is 6.07 Å². The molecule has 7 heteroatoms. The Balaban J connectivity index is 0.00000261. The number of hydrogen-bond donors (Lipinski definition) is 2. The van der Waals surface area contributed by atoms with Crippen molar-refractivity contribution in [3.63, 3.8) is 0 Å². The van der Waals surface area contributed by atoms with Crippen LogP contribution in [0.25, 0.3) is 0 Å². The summed E-state index contributed by atoms with van der Waals surface area (Å²) >= 11 is 0. The molecule has 1 heterocycles. The SMILES string of the molecule is CCCN(C(=O)COc1cccc(NC(=O)C2CC2)c1)C1CCNCC1.Cl. The topological polar surface area (TPSA) is 70.7 Å². The average Bonchev–Trinajstić information content (AvgIpc) is 3.50. The molecular weight excluding hydrogens is 366 g/mol. The van der Waals surface area contributed by atoms with Crippen LogP contribution in [0.5, 0.6) is 5.75 Å². The lowest BCUT2D eigenvalue weighted by molar-refractivity contribution is -0.136. The van der Waals surface area contributed by atoms with Gasteiger partial charge in [-0.25, -0.2) is 0 Å². The van der Waals surface area contributed by atoms with Crippen molar-refractivity contribution >= 4 is 29.9 Å². The molecule has 0 radical (unpaired) electrons. The lowest BCUT2D eigenvalue weighted by Crippen LogP contribution is -2.48. The fourth-order valence-corrected chi connectivity index (χ4v) is 3.35. The summed E-state index contributed by atoms with van der Waals surface area (Å²) in [5.74, 6) is 0.867. The van der Waals surface area contributed by atoms with E-state index < -0.39 is 0 Å². The van der Waals surface area contributed by atoms with Gasteiger partial charge >= 0.3 is 0 Å². The van der Waals surface area contributed by atoms with Crippen LogP contribution in [-0.2, 0) is 9.59 Å². The van der Waals surface area contributed by atoms with Gasteiger partial charge in [0.25, 0.3) is 5.91 Å². The summed E-state index contributed by atoms with van der Waals surface area (Å²) in [4.78, 5) is 26.5. The highest BCUT2D eigenvalue weighted by atomic mass is 35.5. The Hall–Kier alpha value is -1.79. The van der Waals surface area contributed by atoms with E-state index in [-0.39, 0.29) is 36.7 Å². The van der Waals surface area contributed by atoms with E-state index in [0.29, 0.717) is 11.8 Å². The number of benzene rings is 1. The molecule has 6 nitrogen and oxygen atoms in total. The third-order valence-electron chi connectivity index (χ3n) is 4.95. The van der Waals surface area contributed by atoms with Gasteiger partial charge in [0.1, 0.15) is 5.75 Å². The summed E-state index contributed by atoms with van der Waals surface area (Å²) in [6, 6.07) is 7.57. The highest BCUT2D eigenvalue weighted by Gasteiger charge is 2.29. The van der Waals surface area contributed by atoms with Crippen LogP contribution in [-0.4, -0.2) is 49.0 Å². The number of halogens is 1. The van der Waals surface area contributed by atoms with Gasteiger partial charge in [-0.1, -0.05) is 13.0 Å². The Bertz CT molecular complexity index is 631. The van der Waals surface area contributed by atoms with Crippen LogP contribution in [0.1, 0.15) is 39.0 Å². The number of rotatable bonds is 8. The molecular formula is C20H30ClN3O3. The summed E-state index contributed by atoms with van der Waals surface area (Å²) in [6.45, 7) is 4.81. The van der Waals surface area contributed by atoms with Crippen LogP contribution < -0.4 is 15.4 Å². The zero-order valence-corrected chi connectivity index (χ0v) is 16.7. The molecule has 0 spiro atoms. The molecule has 1 aromatic rings. The van der Waals surface area contributed by atoms with Gasteiger partial charge in [-0.15, -0.1) is 12.4 Å². The van der Waals surface area contributed by atoms with Crippen LogP contribution in [0.15, 0.2) is 24.3 Å². The third kappa shape index (κ3) is 6.40. The summed E-state index contributed by atoms with van der Waals surface area (Å²) in [5, 5.41) is 6.24. The highest BCUT2D eigenvalue weighted by Crippen LogP contribution is 2.30. The van der Waals surface area contributed by atoms with Gasteiger partial charge in [-0.2, -0.15) is 0 Å². The number of amides is 2. The number of carbonyl (C=O) groups is 2. The molecule has 1 saturated heterocycles. The first-order valence-corrected chi connectivity index (χ1v) is 9.71. The maximum Gasteiger partial charge on any atom is 0.260 e. The molecule has 2 amide bonds. The first kappa shape index (κ1) is 21.5. The van der Waals surface area contributed by atoms with E-state index >= 15 is 0 Å². The Morgan fingerprint density at radius 1 is 1.22 bits per heavy atom. The van der Waals surface area contributed by atoms with Gasteiger partial charge in [0.2, 0.25) is 5.91 Å². The molecule has 0 atom stereocenters. The second-order valence-corrected chi connectivity index (χ2v) is 7.15. The quantitative estimate of drug-likeness (QED) is 0.710. The number of anilines is 1. The van der Waals surface area contributed by atoms with E-state index in [2.05, 4.69) is 17.6 Å². The van der Waals surface area contributed by atoms with E-state index in [1.165, 1.54) is 0 Å². The van der Waals surface area contributed by atoms with Gasteiger partial charge in [-0.3, -0.25) is 9.59 Å². The molecule has 150 valence electrons. The maximum atomic E-state index is 12.7. The normalized spacial score (nSPS) is 16.9. The maximum absolute atomic E-state index is 12.7. The van der Waals surface area contributed by atoms with Crippen molar-refractivity contribution in [1.29, 1.82) is 0 Å². The number of hydrogen-bond acceptors (Lipinski definition) is 4. The number of nitrogens with zero attached hydrogens (tertiary/aromatic N) is 1.